The number of H-pyrrole nitrogens is 1. The highest BCUT2D eigenvalue weighted by atomic mass is 32.2. The number of hydrogen-bond donors (Lipinski definition) is 2. The molecule has 0 spiro atoms. The van der Waals surface area contributed by atoms with Crippen LogP contribution in [-0.4, -0.2) is 13.4 Å². The minimum atomic E-state index is -3.41. The van der Waals surface area contributed by atoms with E-state index in [1.54, 1.807) is 30.3 Å². The van der Waals surface area contributed by atoms with Crippen LogP contribution in [0, 0.1) is 0 Å². The van der Waals surface area contributed by atoms with Gasteiger partial charge in [-0.05, 0) is 17.2 Å². The van der Waals surface area contributed by atoms with Crippen LogP contribution in [0.3, 0.4) is 0 Å². The van der Waals surface area contributed by atoms with Gasteiger partial charge in [-0.2, -0.15) is 0 Å². The molecule has 5 nitrogen and oxygen atoms in total. The van der Waals surface area contributed by atoms with Crippen molar-refractivity contribution >= 4 is 10.0 Å². The van der Waals surface area contributed by atoms with Crippen LogP contribution in [0.1, 0.15) is 11.1 Å². The molecular weight excluding hydrogens is 264 g/mol. The van der Waals surface area contributed by atoms with E-state index in [1.807, 2.05) is 6.07 Å². The van der Waals surface area contributed by atoms with Gasteiger partial charge in [0.2, 0.25) is 15.6 Å². The lowest BCUT2D eigenvalue weighted by Gasteiger charge is -2.06. The molecule has 0 aliphatic heterocycles. The second kappa shape index (κ2) is 5.81. The topological polar surface area (TPSA) is 79.0 Å². The summed E-state index contributed by atoms with van der Waals surface area (Å²) in [6.07, 6.45) is 1.49. The number of pyridine rings is 1. The van der Waals surface area contributed by atoms with E-state index in [4.69, 9.17) is 0 Å². The summed E-state index contributed by atoms with van der Waals surface area (Å²) in [5.74, 6) is -0.0724. The molecule has 0 amide bonds. The largest absolute Gasteiger partial charge is 0.329 e. The molecule has 1 aromatic heterocycles. The van der Waals surface area contributed by atoms with Gasteiger partial charge in [0.05, 0.1) is 5.75 Å². The van der Waals surface area contributed by atoms with Crippen LogP contribution >= 0.6 is 0 Å². The molecule has 100 valence electrons. The fourth-order valence-corrected chi connectivity index (χ4v) is 2.76. The zero-order chi connectivity index (χ0) is 13.7. The van der Waals surface area contributed by atoms with E-state index in [9.17, 15) is 13.2 Å². The van der Waals surface area contributed by atoms with Gasteiger partial charge in [0.25, 0.3) is 0 Å². The van der Waals surface area contributed by atoms with E-state index in [1.165, 1.54) is 12.3 Å². The second-order valence-corrected chi connectivity index (χ2v) is 5.93. The number of aromatic nitrogens is 1. The van der Waals surface area contributed by atoms with Gasteiger partial charge in [0, 0.05) is 18.8 Å². The Morgan fingerprint density at radius 2 is 1.79 bits per heavy atom. The molecule has 0 aliphatic carbocycles. The summed E-state index contributed by atoms with van der Waals surface area (Å²) >= 11 is 0. The average Bonchev–Trinajstić information content (AvgIpc) is 2.37. The SMILES string of the molecule is O=c1cc(CNS(=O)(=O)Cc2ccccc2)cc[nH]1. The lowest BCUT2D eigenvalue weighted by Crippen LogP contribution is -2.25. The maximum absolute atomic E-state index is 11.9. The Morgan fingerprint density at radius 3 is 2.47 bits per heavy atom. The monoisotopic (exact) mass is 278 g/mol. The lowest BCUT2D eigenvalue weighted by atomic mass is 10.2. The fraction of sp³-hybridized carbons (Fsp3) is 0.154. The predicted molar refractivity (Wildman–Crippen MR) is 73.0 cm³/mol. The molecule has 0 aliphatic rings. The summed E-state index contributed by atoms with van der Waals surface area (Å²) in [4.78, 5) is 13.5. The number of rotatable bonds is 5. The first-order valence-corrected chi connectivity index (χ1v) is 7.39. The van der Waals surface area contributed by atoms with Gasteiger partial charge in [0.15, 0.2) is 0 Å². The molecule has 0 radical (unpaired) electrons. The van der Waals surface area contributed by atoms with Gasteiger partial charge < -0.3 is 4.98 Å². The average molecular weight is 278 g/mol. The minimum absolute atomic E-state index is 0.0724. The van der Waals surface area contributed by atoms with Crippen LogP contribution in [0.15, 0.2) is 53.5 Å². The van der Waals surface area contributed by atoms with E-state index in [-0.39, 0.29) is 17.9 Å². The van der Waals surface area contributed by atoms with Gasteiger partial charge in [-0.25, -0.2) is 13.1 Å². The summed E-state index contributed by atoms with van der Waals surface area (Å²) in [5, 5.41) is 0. The Hall–Kier alpha value is -1.92. The van der Waals surface area contributed by atoms with E-state index < -0.39 is 10.0 Å². The van der Waals surface area contributed by atoms with Crippen molar-refractivity contribution in [2.24, 2.45) is 0 Å². The van der Waals surface area contributed by atoms with Crippen molar-refractivity contribution in [1.82, 2.24) is 9.71 Å². The number of sulfonamides is 1. The highest BCUT2D eigenvalue weighted by Crippen LogP contribution is 2.04. The highest BCUT2D eigenvalue weighted by Gasteiger charge is 2.10. The molecule has 0 bridgehead atoms. The molecule has 2 aromatic rings. The first kappa shape index (κ1) is 13.5. The Kier molecular flexibility index (Phi) is 4.13. The maximum atomic E-state index is 11.9. The van der Waals surface area contributed by atoms with Gasteiger partial charge in [-0.15, -0.1) is 0 Å². The third-order valence-corrected chi connectivity index (χ3v) is 3.83. The molecule has 0 unspecified atom stereocenters. The van der Waals surface area contributed by atoms with E-state index >= 15 is 0 Å². The third-order valence-electron chi connectivity index (χ3n) is 2.54. The molecule has 2 rings (SSSR count). The van der Waals surface area contributed by atoms with Crippen molar-refractivity contribution in [3.05, 3.63) is 70.1 Å². The number of hydrogen-bond acceptors (Lipinski definition) is 3. The summed E-state index contributed by atoms with van der Waals surface area (Å²) < 4.78 is 26.2. The summed E-state index contributed by atoms with van der Waals surface area (Å²) in [6.45, 7) is 0.110. The van der Waals surface area contributed by atoms with E-state index in [0.717, 1.165) is 5.56 Å². The van der Waals surface area contributed by atoms with Crippen molar-refractivity contribution in [2.75, 3.05) is 0 Å². The zero-order valence-corrected chi connectivity index (χ0v) is 11.0. The number of aromatic amines is 1. The van der Waals surface area contributed by atoms with Crippen LogP contribution < -0.4 is 10.3 Å². The molecule has 0 atom stereocenters. The Labute approximate surface area is 111 Å². The zero-order valence-electron chi connectivity index (χ0n) is 10.2. The van der Waals surface area contributed by atoms with Gasteiger partial charge in [0.1, 0.15) is 0 Å². The standard InChI is InChI=1S/C13H14N2O3S/c16-13-8-12(6-7-14-13)9-15-19(17,18)10-11-4-2-1-3-5-11/h1-8,15H,9-10H2,(H,14,16). The van der Waals surface area contributed by atoms with Crippen molar-refractivity contribution < 1.29 is 8.42 Å². The highest BCUT2D eigenvalue weighted by molar-refractivity contribution is 7.88. The summed E-state index contributed by atoms with van der Waals surface area (Å²) in [5.41, 5.74) is 1.10. The lowest BCUT2D eigenvalue weighted by molar-refractivity contribution is 0.580. The Morgan fingerprint density at radius 1 is 1.05 bits per heavy atom. The number of benzene rings is 1. The van der Waals surface area contributed by atoms with Crippen LogP contribution in [-0.2, 0) is 22.3 Å². The Bertz CT molecular complexity index is 693. The smallest absolute Gasteiger partial charge is 0.248 e. The first-order chi connectivity index (χ1) is 9.05. The molecule has 2 N–H and O–H groups in total. The predicted octanol–water partition coefficient (Wildman–Crippen LogP) is 0.994. The molecule has 19 heavy (non-hydrogen) atoms. The van der Waals surface area contributed by atoms with Crippen molar-refractivity contribution in [2.45, 2.75) is 12.3 Å². The second-order valence-electron chi connectivity index (χ2n) is 4.13. The van der Waals surface area contributed by atoms with Crippen LogP contribution in [0.2, 0.25) is 0 Å². The molecule has 0 saturated heterocycles. The minimum Gasteiger partial charge on any atom is -0.329 e. The molecular formula is C13H14N2O3S. The van der Waals surface area contributed by atoms with E-state index in [2.05, 4.69) is 9.71 Å². The fourth-order valence-electron chi connectivity index (χ4n) is 1.64. The maximum Gasteiger partial charge on any atom is 0.248 e. The van der Waals surface area contributed by atoms with Gasteiger partial charge in [-0.1, -0.05) is 30.3 Å². The molecule has 6 heteroatoms. The van der Waals surface area contributed by atoms with Crippen molar-refractivity contribution in [3.63, 3.8) is 0 Å². The van der Waals surface area contributed by atoms with Crippen molar-refractivity contribution in [3.8, 4) is 0 Å². The van der Waals surface area contributed by atoms with Gasteiger partial charge >= 0.3 is 0 Å². The van der Waals surface area contributed by atoms with Crippen LogP contribution in [0.4, 0.5) is 0 Å². The normalized spacial score (nSPS) is 11.4. The van der Waals surface area contributed by atoms with Gasteiger partial charge in [-0.3, -0.25) is 4.79 Å². The summed E-state index contributed by atoms with van der Waals surface area (Å²) in [6, 6.07) is 12.0. The quantitative estimate of drug-likeness (QED) is 0.856. The third kappa shape index (κ3) is 4.35. The molecule has 1 aromatic carbocycles. The van der Waals surface area contributed by atoms with Crippen LogP contribution in [0.25, 0.3) is 0 Å². The Balaban J connectivity index is 2.00. The van der Waals surface area contributed by atoms with Crippen LogP contribution in [0.5, 0.6) is 0 Å². The first-order valence-electron chi connectivity index (χ1n) is 5.74. The molecule has 1 heterocycles. The molecule has 0 fully saturated rings. The van der Waals surface area contributed by atoms with E-state index in [0.29, 0.717) is 5.56 Å². The summed E-state index contributed by atoms with van der Waals surface area (Å²) in [7, 11) is -3.41. The number of nitrogens with one attached hydrogen (secondary N) is 2. The molecule has 0 saturated carbocycles. The van der Waals surface area contributed by atoms with Crippen molar-refractivity contribution in [1.29, 1.82) is 0 Å².